The summed E-state index contributed by atoms with van der Waals surface area (Å²) in [5.41, 5.74) is 1.13. The molecule has 6 heteroatoms. The Kier molecular flexibility index (Phi) is 3.94. The fraction of sp³-hybridized carbons (Fsp3) is 0.350. The van der Waals surface area contributed by atoms with E-state index in [1.807, 2.05) is 23.1 Å². The van der Waals surface area contributed by atoms with Gasteiger partial charge in [0.25, 0.3) is 5.91 Å². The average Bonchev–Trinajstić information content (AvgIpc) is 3.31. The molecule has 0 spiro atoms. The molecule has 2 aliphatic rings. The minimum atomic E-state index is 0.162. The highest BCUT2D eigenvalue weighted by atomic mass is 35.5. The zero-order valence-electron chi connectivity index (χ0n) is 14.4. The number of fused-ring (bicyclic) bond motifs is 1. The molecule has 0 N–H and O–H groups in total. The molecule has 2 aromatic heterocycles. The zero-order valence-corrected chi connectivity index (χ0v) is 16.0. The lowest BCUT2D eigenvalue weighted by Crippen LogP contribution is -2.48. The molecule has 1 saturated carbocycles. The van der Waals surface area contributed by atoms with Crippen LogP contribution in [0.2, 0.25) is 5.02 Å². The molecule has 5 rings (SSSR count). The monoisotopic (exact) mass is 385 g/mol. The molecule has 1 aromatic carbocycles. The molecule has 4 nitrogen and oxygen atoms in total. The topological polar surface area (TPSA) is 28.5 Å². The van der Waals surface area contributed by atoms with Crippen molar-refractivity contribution in [3.63, 3.8) is 0 Å². The smallest absolute Gasteiger partial charge is 0.264 e. The number of piperazine rings is 1. The van der Waals surface area contributed by atoms with E-state index >= 15 is 0 Å². The first kappa shape index (κ1) is 16.2. The summed E-state index contributed by atoms with van der Waals surface area (Å²) in [4.78, 5) is 18.0. The number of hydrogen-bond acceptors (Lipinski definition) is 3. The molecule has 1 aliphatic heterocycles. The summed E-state index contributed by atoms with van der Waals surface area (Å²) in [6, 6.07) is 10.7. The second-order valence-corrected chi connectivity index (χ2v) is 8.65. The van der Waals surface area contributed by atoms with Crippen molar-refractivity contribution in [2.24, 2.45) is 0 Å². The molecule has 2 fully saturated rings. The average molecular weight is 386 g/mol. The van der Waals surface area contributed by atoms with Crippen molar-refractivity contribution >= 4 is 44.6 Å². The van der Waals surface area contributed by atoms with E-state index in [9.17, 15) is 4.79 Å². The van der Waals surface area contributed by atoms with E-state index in [1.165, 1.54) is 22.9 Å². The number of halogens is 1. The maximum absolute atomic E-state index is 12.9. The van der Waals surface area contributed by atoms with Gasteiger partial charge in [-0.1, -0.05) is 17.7 Å². The van der Waals surface area contributed by atoms with E-state index in [0.29, 0.717) is 6.04 Å². The molecule has 3 aromatic rings. The number of hydrogen-bond donors (Lipinski definition) is 0. The van der Waals surface area contributed by atoms with Crippen LogP contribution in [0.4, 0.5) is 5.69 Å². The number of rotatable bonds is 3. The van der Waals surface area contributed by atoms with E-state index in [0.717, 1.165) is 41.8 Å². The Labute approximate surface area is 161 Å². The fourth-order valence-electron chi connectivity index (χ4n) is 3.64. The third kappa shape index (κ3) is 2.99. The Morgan fingerprint density at radius 3 is 2.58 bits per heavy atom. The van der Waals surface area contributed by atoms with Gasteiger partial charge in [0.2, 0.25) is 0 Å². The number of anilines is 1. The number of thiophene rings is 1. The van der Waals surface area contributed by atoms with Crippen LogP contribution in [0, 0.1) is 0 Å². The van der Waals surface area contributed by atoms with Crippen LogP contribution in [0.1, 0.15) is 28.6 Å². The first-order chi connectivity index (χ1) is 12.7. The summed E-state index contributed by atoms with van der Waals surface area (Å²) in [5, 5.41) is 1.95. The van der Waals surface area contributed by atoms with Gasteiger partial charge in [0.05, 0.1) is 9.58 Å². The van der Waals surface area contributed by atoms with E-state index in [1.54, 1.807) is 11.3 Å². The maximum atomic E-state index is 12.9. The Bertz CT molecular complexity index is 935. The molecule has 134 valence electrons. The largest absolute Gasteiger partial charge is 0.368 e. The molecule has 26 heavy (non-hydrogen) atoms. The summed E-state index contributed by atoms with van der Waals surface area (Å²) >= 11 is 7.72. The van der Waals surface area contributed by atoms with Gasteiger partial charge in [-0.25, -0.2) is 0 Å². The Morgan fingerprint density at radius 2 is 1.88 bits per heavy atom. The number of amides is 1. The van der Waals surface area contributed by atoms with E-state index in [2.05, 4.69) is 34.0 Å². The Balaban J connectivity index is 1.27. The van der Waals surface area contributed by atoms with Crippen LogP contribution in [0.5, 0.6) is 0 Å². The van der Waals surface area contributed by atoms with Crippen LogP contribution < -0.4 is 4.90 Å². The second kappa shape index (κ2) is 6.32. The van der Waals surface area contributed by atoms with Gasteiger partial charge in [-0.2, -0.15) is 0 Å². The van der Waals surface area contributed by atoms with Crippen molar-refractivity contribution in [3.05, 3.63) is 52.6 Å². The molecule has 3 heterocycles. The van der Waals surface area contributed by atoms with Crippen molar-refractivity contribution in [2.75, 3.05) is 31.1 Å². The van der Waals surface area contributed by atoms with Crippen molar-refractivity contribution < 1.29 is 4.79 Å². The second-order valence-electron chi connectivity index (χ2n) is 7.13. The Hall–Kier alpha value is -1.98. The lowest BCUT2D eigenvalue weighted by molar-refractivity contribution is 0.0751. The van der Waals surface area contributed by atoms with Gasteiger partial charge in [0.1, 0.15) is 0 Å². The summed E-state index contributed by atoms with van der Waals surface area (Å²) < 4.78 is 3.52. The van der Waals surface area contributed by atoms with Crippen LogP contribution in [-0.2, 0) is 0 Å². The predicted octanol–water partition coefficient (Wildman–Crippen LogP) is 4.65. The van der Waals surface area contributed by atoms with Gasteiger partial charge in [-0.05, 0) is 37.1 Å². The summed E-state index contributed by atoms with van der Waals surface area (Å²) in [6.45, 7) is 3.17. The molecular formula is C20H20ClN3OS. The molecule has 1 aliphatic carbocycles. The highest BCUT2D eigenvalue weighted by molar-refractivity contribution is 7.20. The standard InChI is InChI=1S/C20H20ClN3OS/c21-15-2-1-3-17(11-15)22-6-8-23(9-7-22)20(25)18-10-14-12-24(16-4-5-16)13-19(14)26-18/h1-3,10-13,16H,4-9H2. The van der Waals surface area contributed by atoms with Crippen molar-refractivity contribution in [1.82, 2.24) is 9.47 Å². The van der Waals surface area contributed by atoms with E-state index in [4.69, 9.17) is 11.6 Å². The van der Waals surface area contributed by atoms with Crippen molar-refractivity contribution in [2.45, 2.75) is 18.9 Å². The van der Waals surface area contributed by atoms with Gasteiger partial charge in [-0.3, -0.25) is 4.79 Å². The summed E-state index contributed by atoms with van der Waals surface area (Å²) in [7, 11) is 0. The van der Waals surface area contributed by atoms with Crippen LogP contribution in [0.25, 0.3) is 10.1 Å². The maximum Gasteiger partial charge on any atom is 0.264 e. The third-order valence-corrected chi connectivity index (χ3v) is 6.57. The van der Waals surface area contributed by atoms with E-state index in [-0.39, 0.29) is 5.91 Å². The van der Waals surface area contributed by atoms with Crippen LogP contribution in [-0.4, -0.2) is 41.6 Å². The van der Waals surface area contributed by atoms with E-state index < -0.39 is 0 Å². The van der Waals surface area contributed by atoms with Crippen molar-refractivity contribution in [3.8, 4) is 0 Å². The van der Waals surface area contributed by atoms with Crippen LogP contribution >= 0.6 is 22.9 Å². The minimum Gasteiger partial charge on any atom is -0.368 e. The van der Waals surface area contributed by atoms with Gasteiger partial charge in [0, 0.05) is 60.7 Å². The lowest BCUT2D eigenvalue weighted by Gasteiger charge is -2.36. The molecular weight excluding hydrogens is 366 g/mol. The van der Waals surface area contributed by atoms with Crippen LogP contribution in [0.15, 0.2) is 42.7 Å². The van der Waals surface area contributed by atoms with Gasteiger partial charge >= 0.3 is 0 Å². The summed E-state index contributed by atoms with van der Waals surface area (Å²) in [6.07, 6.45) is 6.96. The lowest BCUT2D eigenvalue weighted by atomic mass is 10.2. The fourth-order valence-corrected chi connectivity index (χ4v) is 4.87. The number of carbonyl (C=O) groups is 1. The zero-order chi connectivity index (χ0) is 17.7. The van der Waals surface area contributed by atoms with Gasteiger partial charge in [0.15, 0.2) is 0 Å². The number of nitrogens with zero attached hydrogens (tertiary/aromatic N) is 3. The molecule has 0 radical (unpaired) electrons. The first-order valence-electron chi connectivity index (χ1n) is 9.08. The van der Waals surface area contributed by atoms with Crippen LogP contribution in [0.3, 0.4) is 0 Å². The minimum absolute atomic E-state index is 0.162. The normalized spacial score (nSPS) is 17.9. The highest BCUT2D eigenvalue weighted by Crippen LogP contribution is 2.38. The molecule has 1 amide bonds. The predicted molar refractivity (Wildman–Crippen MR) is 108 cm³/mol. The number of aromatic nitrogens is 1. The Morgan fingerprint density at radius 1 is 1.08 bits per heavy atom. The molecule has 0 unspecified atom stereocenters. The molecule has 1 saturated heterocycles. The number of carbonyl (C=O) groups excluding carboxylic acids is 1. The SMILES string of the molecule is O=C(c1cc2cn(C3CC3)cc2s1)N1CCN(c2cccc(Cl)c2)CC1. The van der Waals surface area contributed by atoms with Gasteiger partial charge in [-0.15, -0.1) is 11.3 Å². The summed E-state index contributed by atoms with van der Waals surface area (Å²) in [5.74, 6) is 0.162. The molecule has 0 bridgehead atoms. The quantitative estimate of drug-likeness (QED) is 0.656. The highest BCUT2D eigenvalue weighted by Gasteiger charge is 2.26. The molecule has 0 atom stereocenters. The third-order valence-electron chi connectivity index (χ3n) is 5.27. The van der Waals surface area contributed by atoms with Crippen molar-refractivity contribution in [1.29, 1.82) is 0 Å². The number of benzene rings is 1. The van der Waals surface area contributed by atoms with Gasteiger partial charge < -0.3 is 14.4 Å². The first-order valence-corrected chi connectivity index (χ1v) is 10.3.